The number of hydrogen-bond donors (Lipinski definition) is 1. The molecule has 1 rings (SSSR count). The number of hydrogen-bond acceptors (Lipinski definition) is 2. The quantitative estimate of drug-likeness (QED) is 0.632. The lowest BCUT2D eigenvalue weighted by atomic mass is 10.2. The van der Waals surface area contributed by atoms with Gasteiger partial charge < -0.3 is 10.5 Å². The van der Waals surface area contributed by atoms with Crippen molar-refractivity contribution < 1.29 is 4.74 Å². The van der Waals surface area contributed by atoms with Crippen molar-refractivity contribution in [1.29, 1.82) is 0 Å². The first-order valence-corrected chi connectivity index (χ1v) is 3.84. The molecule has 0 aliphatic heterocycles. The average molecular weight is 143 g/mol. The Morgan fingerprint density at radius 3 is 2.20 bits per heavy atom. The van der Waals surface area contributed by atoms with E-state index in [4.69, 9.17) is 10.5 Å². The number of rotatable bonds is 2. The van der Waals surface area contributed by atoms with E-state index in [1.54, 1.807) is 0 Å². The van der Waals surface area contributed by atoms with Gasteiger partial charge in [0.15, 0.2) is 0 Å². The molecule has 10 heavy (non-hydrogen) atoms. The van der Waals surface area contributed by atoms with E-state index in [2.05, 4.69) is 20.8 Å². The van der Waals surface area contributed by atoms with Crippen LogP contribution in [0.3, 0.4) is 0 Å². The second kappa shape index (κ2) is 2.21. The minimum atomic E-state index is -0.0328. The van der Waals surface area contributed by atoms with Crippen LogP contribution in [-0.4, -0.2) is 17.7 Å². The van der Waals surface area contributed by atoms with Gasteiger partial charge in [0.1, 0.15) is 0 Å². The molecule has 0 aromatic heterocycles. The van der Waals surface area contributed by atoms with Gasteiger partial charge in [0.05, 0.1) is 12.2 Å². The van der Waals surface area contributed by atoms with Crippen molar-refractivity contribution in [3.63, 3.8) is 0 Å². The van der Waals surface area contributed by atoms with Gasteiger partial charge in [-0.05, 0) is 33.6 Å². The minimum Gasteiger partial charge on any atom is -0.374 e. The fourth-order valence-corrected chi connectivity index (χ4v) is 0.665. The van der Waals surface area contributed by atoms with Crippen LogP contribution in [0.4, 0.5) is 0 Å². The van der Waals surface area contributed by atoms with Crippen LogP contribution in [0.15, 0.2) is 0 Å². The van der Waals surface area contributed by atoms with E-state index in [0.29, 0.717) is 0 Å². The molecule has 1 saturated carbocycles. The molecular weight excluding hydrogens is 126 g/mol. The van der Waals surface area contributed by atoms with Crippen molar-refractivity contribution in [2.45, 2.75) is 44.8 Å². The summed E-state index contributed by atoms with van der Waals surface area (Å²) in [5.41, 5.74) is 5.83. The Bertz CT molecular complexity index is 116. The van der Waals surface area contributed by atoms with E-state index in [0.717, 1.165) is 19.4 Å². The number of ether oxygens (including phenoxy) is 1. The molecule has 0 aromatic carbocycles. The highest BCUT2D eigenvalue weighted by Gasteiger charge is 2.39. The second-order valence-corrected chi connectivity index (χ2v) is 4.26. The molecule has 2 nitrogen and oxygen atoms in total. The summed E-state index contributed by atoms with van der Waals surface area (Å²) in [5, 5.41) is 0. The van der Waals surface area contributed by atoms with Gasteiger partial charge >= 0.3 is 0 Å². The third-order valence-electron chi connectivity index (χ3n) is 1.68. The fraction of sp³-hybridized carbons (Fsp3) is 1.00. The normalized spacial score (nSPS) is 22.8. The van der Waals surface area contributed by atoms with Crippen molar-refractivity contribution in [2.75, 3.05) is 6.61 Å². The lowest BCUT2D eigenvalue weighted by Gasteiger charge is -2.21. The van der Waals surface area contributed by atoms with Crippen molar-refractivity contribution in [3.05, 3.63) is 0 Å². The summed E-state index contributed by atoms with van der Waals surface area (Å²) in [6.45, 7) is 6.88. The van der Waals surface area contributed by atoms with Crippen LogP contribution in [0.1, 0.15) is 33.6 Å². The largest absolute Gasteiger partial charge is 0.374 e. The summed E-state index contributed by atoms with van der Waals surface area (Å²) in [7, 11) is 0. The molecule has 2 N–H and O–H groups in total. The monoisotopic (exact) mass is 143 g/mol. The second-order valence-electron chi connectivity index (χ2n) is 4.26. The average Bonchev–Trinajstić information content (AvgIpc) is 2.43. The molecule has 0 heterocycles. The highest BCUT2D eigenvalue weighted by molar-refractivity contribution is 4.98. The van der Waals surface area contributed by atoms with Gasteiger partial charge in [-0.2, -0.15) is 0 Å². The highest BCUT2D eigenvalue weighted by Crippen LogP contribution is 2.33. The van der Waals surface area contributed by atoms with E-state index in [1.165, 1.54) is 0 Å². The van der Waals surface area contributed by atoms with Gasteiger partial charge in [0, 0.05) is 5.54 Å². The van der Waals surface area contributed by atoms with Crippen LogP contribution in [0.5, 0.6) is 0 Å². The molecule has 60 valence electrons. The maximum Gasteiger partial charge on any atom is 0.0653 e. The van der Waals surface area contributed by atoms with Gasteiger partial charge in [-0.3, -0.25) is 0 Å². The molecule has 0 aromatic rings. The molecule has 0 unspecified atom stereocenters. The Balaban J connectivity index is 2.17. The zero-order valence-electron chi connectivity index (χ0n) is 7.11. The summed E-state index contributed by atoms with van der Waals surface area (Å²) in [6.07, 6.45) is 2.26. The summed E-state index contributed by atoms with van der Waals surface area (Å²) >= 11 is 0. The third-order valence-corrected chi connectivity index (χ3v) is 1.68. The molecule has 0 atom stereocenters. The predicted molar refractivity (Wildman–Crippen MR) is 41.9 cm³/mol. The van der Waals surface area contributed by atoms with Crippen molar-refractivity contribution in [3.8, 4) is 0 Å². The maximum atomic E-state index is 5.83. The molecule has 2 heteroatoms. The van der Waals surface area contributed by atoms with Crippen molar-refractivity contribution >= 4 is 0 Å². The molecule has 0 spiro atoms. The number of nitrogens with two attached hydrogens (primary N) is 1. The molecule has 1 fully saturated rings. The SMILES string of the molecule is CC(C)(C)OCC1(N)CC1. The molecule has 0 saturated heterocycles. The summed E-state index contributed by atoms with van der Waals surface area (Å²) < 4.78 is 5.53. The van der Waals surface area contributed by atoms with Gasteiger partial charge in [-0.25, -0.2) is 0 Å². The van der Waals surface area contributed by atoms with E-state index in [9.17, 15) is 0 Å². The van der Waals surface area contributed by atoms with Crippen LogP contribution >= 0.6 is 0 Å². The van der Waals surface area contributed by atoms with E-state index < -0.39 is 0 Å². The first-order chi connectivity index (χ1) is 4.41. The Labute approximate surface area is 62.7 Å². The van der Waals surface area contributed by atoms with Crippen LogP contribution in [0.25, 0.3) is 0 Å². The molecular formula is C8H17NO. The van der Waals surface area contributed by atoms with Gasteiger partial charge in [0.2, 0.25) is 0 Å². The lowest BCUT2D eigenvalue weighted by Crippen LogP contribution is -2.33. The lowest BCUT2D eigenvalue weighted by molar-refractivity contribution is -0.0136. The Hall–Kier alpha value is -0.0800. The van der Waals surface area contributed by atoms with Crippen LogP contribution in [-0.2, 0) is 4.74 Å². The smallest absolute Gasteiger partial charge is 0.0653 e. The fourth-order valence-electron chi connectivity index (χ4n) is 0.665. The van der Waals surface area contributed by atoms with Gasteiger partial charge in [-0.1, -0.05) is 0 Å². The van der Waals surface area contributed by atoms with Crippen LogP contribution in [0.2, 0.25) is 0 Å². The van der Waals surface area contributed by atoms with Crippen LogP contribution in [0, 0.1) is 0 Å². The zero-order valence-corrected chi connectivity index (χ0v) is 7.11. The molecule has 1 aliphatic rings. The molecule has 0 amide bonds. The molecule has 0 radical (unpaired) electrons. The Morgan fingerprint density at radius 2 is 1.90 bits per heavy atom. The first kappa shape index (κ1) is 8.02. The van der Waals surface area contributed by atoms with E-state index in [-0.39, 0.29) is 11.1 Å². The van der Waals surface area contributed by atoms with Crippen LogP contribution < -0.4 is 5.73 Å². The predicted octanol–water partition coefficient (Wildman–Crippen LogP) is 1.29. The summed E-state index contributed by atoms with van der Waals surface area (Å²) in [4.78, 5) is 0. The Kier molecular flexibility index (Phi) is 1.77. The highest BCUT2D eigenvalue weighted by atomic mass is 16.5. The zero-order chi connectivity index (χ0) is 7.83. The Morgan fingerprint density at radius 1 is 1.40 bits per heavy atom. The first-order valence-electron chi connectivity index (χ1n) is 3.84. The van der Waals surface area contributed by atoms with E-state index in [1.807, 2.05) is 0 Å². The minimum absolute atomic E-state index is 0.0328. The standard InChI is InChI=1S/C8H17NO/c1-7(2,3)10-6-8(9)4-5-8/h4-6,9H2,1-3H3. The molecule has 0 bridgehead atoms. The maximum absolute atomic E-state index is 5.83. The topological polar surface area (TPSA) is 35.2 Å². The summed E-state index contributed by atoms with van der Waals surface area (Å²) in [6, 6.07) is 0. The molecule has 1 aliphatic carbocycles. The van der Waals surface area contributed by atoms with E-state index >= 15 is 0 Å². The summed E-state index contributed by atoms with van der Waals surface area (Å²) in [5.74, 6) is 0. The van der Waals surface area contributed by atoms with Gasteiger partial charge in [0.25, 0.3) is 0 Å². The third kappa shape index (κ3) is 2.67. The van der Waals surface area contributed by atoms with Gasteiger partial charge in [-0.15, -0.1) is 0 Å². The van der Waals surface area contributed by atoms with Crippen molar-refractivity contribution in [2.24, 2.45) is 5.73 Å². The van der Waals surface area contributed by atoms with Crippen molar-refractivity contribution in [1.82, 2.24) is 0 Å².